The summed E-state index contributed by atoms with van der Waals surface area (Å²) < 4.78 is 0. The van der Waals surface area contributed by atoms with Crippen molar-refractivity contribution in [1.82, 2.24) is 15.5 Å². The highest BCUT2D eigenvalue weighted by molar-refractivity contribution is 5.19. The molecule has 1 fully saturated rings. The number of aryl methyl sites for hydroxylation is 1. The molecule has 2 rings (SSSR count). The largest absolute Gasteiger partial charge is 0.316 e. The van der Waals surface area contributed by atoms with Crippen molar-refractivity contribution in [2.45, 2.75) is 19.3 Å². The van der Waals surface area contributed by atoms with E-state index in [4.69, 9.17) is 0 Å². The summed E-state index contributed by atoms with van der Waals surface area (Å²) >= 11 is 0. The van der Waals surface area contributed by atoms with Crippen molar-refractivity contribution in [3.05, 3.63) is 17.5 Å². The first-order valence-electron chi connectivity index (χ1n) is 4.08. The van der Waals surface area contributed by atoms with E-state index in [1.807, 2.05) is 6.20 Å². The van der Waals surface area contributed by atoms with Crippen LogP contribution < -0.4 is 5.32 Å². The Hall–Kier alpha value is -0.830. The van der Waals surface area contributed by atoms with Crippen LogP contribution in [0.5, 0.6) is 0 Å². The second kappa shape index (κ2) is 2.66. The van der Waals surface area contributed by atoms with Gasteiger partial charge in [-0.2, -0.15) is 5.10 Å². The van der Waals surface area contributed by atoms with Crippen LogP contribution >= 0.6 is 0 Å². The van der Waals surface area contributed by atoms with Crippen LogP contribution in [0.3, 0.4) is 0 Å². The molecule has 1 aromatic heterocycles. The highest BCUT2D eigenvalue weighted by atomic mass is 15.1. The van der Waals surface area contributed by atoms with Crippen molar-refractivity contribution >= 4 is 0 Å². The number of hydrogen-bond donors (Lipinski definition) is 2. The zero-order chi connectivity index (χ0) is 7.68. The minimum atomic E-state index is 0.664. The van der Waals surface area contributed by atoms with E-state index in [1.165, 1.54) is 17.7 Å². The quantitative estimate of drug-likeness (QED) is 0.623. The van der Waals surface area contributed by atoms with Gasteiger partial charge in [-0.3, -0.25) is 5.10 Å². The van der Waals surface area contributed by atoms with E-state index in [2.05, 4.69) is 22.4 Å². The van der Waals surface area contributed by atoms with Gasteiger partial charge in [0.2, 0.25) is 0 Å². The average molecular weight is 151 g/mol. The van der Waals surface area contributed by atoms with Gasteiger partial charge in [-0.15, -0.1) is 0 Å². The summed E-state index contributed by atoms with van der Waals surface area (Å²) in [6.07, 6.45) is 3.14. The molecule has 0 spiro atoms. The molecule has 0 bridgehead atoms. The fourth-order valence-corrected chi connectivity index (χ4v) is 1.67. The molecule has 2 N–H and O–H groups in total. The van der Waals surface area contributed by atoms with Crippen LogP contribution in [0, 0.1) is 6.92 Å². The Morgan fingerprint density at radius 3 is 3.09 bits per heavy atom. The predicted octanol–water partition coefficient (Wildman–Crippen LogP) is 0.795. The molecule has 1 aliphatic rings. The van der Waals surface area contributed by atoms with Gasteiger partial charge in [-0.05, 0) is 25.5 Å². The molecular formula is C8H13N3. The molecule has 1 atom stereocenters. The molecule has 0 aliphatic carbocycles. The Morgan fingerprint density at radius 2 is 2.55 bits per heavy atom. The summed E-state index contributed by atoms with van der Waals surface area (Å²) in [4.78, 5) is 0. The number of nitrogens with one attached hydrogen (secondary N) is 2. The zero-order valence-electron chi connectivity index (χ0n) is 6.72. The van der Waals surface area contributed by atoms with Crippen LogP contribution in [-0.4, -0.2) is 23.3 Å². The molecule has 60 valence electrons. The molecule has 1 aromatic rings. The van der Waals surface area contributed by atoms with Crippen LogP contribution in [0.25, 0.3) is 0 Å². The van der Waals surface area contributed by atoms with E-state index < -0.39 is 0 Å². The van der Waals surface area contributed by atoms with E-state index in [1.54, 1.807) is 0 Å². The number of aromatic nitrogens is 2. The molecule has 11 heavy (non-hydrogen) atoms. The van der Waals surface area contributed by atoms with Crippen LogP contribution in [-0.2, 0) is 0 Å². The van der Waals surface area contributed by atoms with Gasteiger partial charge in [0.1, 0.15) is 0 Å². The topological polar surface area (TPSA) is 40.7 Å². The molecule has 0 amide bonds. The van der Waals surface area contributed by atoms with Gasteiger partial charge < -0.3 is 5.32 Å². The number of rotatable bonds is 1. The number of H-pyrrole nitrogens is 1. The summed E-state index contributed by atoms with van der Waals surface area (Å²) in [6, 6.07) is 0. The third-order valence-corrected chi connectivity index (χ3v) is 2.34. The molecule has 0 saturated carbocycles. The third kappa shape index (κ3) is 1.16. The highest BCUT2D eigenvalue weighted by Gasteiger charge is 2.19. The van der Waals surface area contributed by atoms with E-state index in [9.17, 15) is 0 Å². The maximum Gasteiger partial charge on any atom is 0.0519 e. The van der Waals surface area contributed by atoms with Gasteiger partial charge in [0.25, 0.3) is 0 Å². The Balaban J connectivity index is 2.21. The fraction of sp³-hybridized carbons (Fsp3) is 0.625. The van der Waals surface area contributed by atoms with Crippen LogP contribution in [0.2, 0.25) is 0 Å². The minimum Gasteiger partial charge on any atom is -0.316 e. The lowest BCUT2D eigenvalue weighted by Gasteiger charge is -2.05. The van der Waals surface area contributed by atoms with E-state index in [-0.39, 0.29) is 0 Å². The summed E-state index contributed by atoms with van der Waals surface area (Å²) in [5, 5.41) is 10.4. The second-order valence-corrected chi connectivity index (χ2v) is 3.16. The monoisotopic (exact) mass is 151 g/mol. The van der Waals surface area contributed by atoms with Gasteiger partial charge in [-0.1, -0.05) is 0 Å². The average Bonchev–Trinajstić information content (AvgIpc) is 2.55. The van der Waals surface area contributed by atoms with Gasteiger partial charge >= 0.3 is 0 Å². The Labute approximate surface area is 66.2 Å². The molecule has 2 heterocycles. The lowest BCUT2D eigenvalue weighted by molar-refractivity contribution is 0.724. The van der Waals surface area contributed by atoms with Crippen molar-refractivity contribution < 1.29 is 0 Å². The number of hydrogen-bond acceptors (Lipinski definition) is 2. The van der Waals surface area contributed by atoms with Gasteiger partial charge in [0.15, 0.2) is 0 Å². The molecular weight excluding hydrogens is 138 g/mol. The summed E-state index contributed by atoms with van der Waals surface area (Å²) in [5.74, 6) is 0.664. The summed E-state index contributed by atoms with van der Waals surface area (Å²) in [7, 11) is 0. The van der Waals surface area contributed by atoms with Crippen molar-refractivity contribution in [1.29, 1.82) is 0 Å². The SMILES string of the molecule is Cc1cn[nH]c1[C@@H]1CCNC1. The van der Waals surface area contributed by atoms with Crippen molar-refractivity contribution in [2.75, 3.05) is 13.1 Å². The summed E-state index contributed by atoms with van der Waals surface area (Å²) in [5.41, 5.74) is 2.61. The maximum absolute atomic E-state index is 4.01. The molecule has 1 saturated heterocycles. The van der Waals surface area contributed by atoms with Gasteiger partial charge in [-0.25, -0.2) is 0 Å². The van der Waals surface area contributed by atoms with Gasteiger partial charge in [0, 0.05) is 18.2 Å². The standard InChI is InChI=1S/C8H13N3/c1-6-4-10-11-8(6)7-2-3-9-5-7/h4,7,9H,2-3,5H2,1H3,(H,10,11)/t7-/m1/s1. The van der Waals surface area contributed by atoms with Crippen LogP contribution in [0.1, 0.15) is 23.6 Å². The maximum atomic E-state index is 4.01. The zero-order valence-corrected chi connectivity index (χ0v) is 6.72. The van der Waals surface area contributed by atoms with Gasteiger partial charge in [0.05, 0.1) is 6.20 Å². The molecule has 0 radical (unpaired) electrons. The van der Waals surface area contributed by atoms with E-state index in [0.717, 1.165) is 13.1 Å². The second-order valence-electron chi connectivity index (χ2n) is 3.16. The molecule has 1 aliphatic heterocycles. The molecule has 3 nitrogen and oxygen atoms in total. The third-order valence-electron chi connectivity index (χ3n) is 2.34. The fourth-order valence-electron chi connectivity index (χ4n) is 1.67. The van der Waals surface area contributed by atoms with E-state index in [0.29, 0.717) is 5.92 Å². The Kier molecular flexibility index (Phi) is 1.66. The highest BCUT2D eigenvalue weighted by Crippen LogP contribution is 2.22. The predicted molar refractivity (Wildman–Crippen MR) is 43.6 cm³/mol. The van der Waals surface area contributed by atoms with Crippen LogP contribution in [0.15, 0.2) is 6.20 Å². The summed E-state index contributed by atoms with van der Waals surface area (Å²) in [6.45, 7) is 4.35. The van der Waals surface area contributed by atoms with E-state index >= 15 is 0 Å². The normalized spacial score (nSPS) is 24.3. The minimum absolute atomic E-state index is 0.664. The first-order chi connectivity index (χ1) is 5.38. The lowest BCUT2D eigenvalue weighted by atomic mass is 10.0. The van der Waals surface area contributed by atoms with Crippen LogP contribution in [0.4, 0.5) is 0 Å². The molecule has 0 aromatic carbocycles. The smallest absolute Gasteiger partial charge is 0.0519 e. The van der Waals surface area contributed by atoms with Crippen molar-refractivity contribution in [3.8, 4) is 0 Å². The Bertz CT molecular complexity index is 235. The van der Waals surface area contributed by atoms with Crippen molar-refractivity contribution in [3.63, 3.8) is 0 Å². The number of aromatic amines is 1. The first-order valence-corrected chi connectivity index (χ1v) is 4.08. The number of nitrogens with zero attached hydrogens (tertiary/aromatic N) is 1. The molecule has 3 heteroatoms. The lowest BCUT2D eigenvalue weighted by Crippen LogP contribution is -2.08. The Morgan fingerprint density at radius 1 is 1.64 bits per heavy atom. The van der Waals surface area contributed by atoms with Crippen molar-refractivity contribution in [2.24, 2.45) is 0 Å². The first kappa shape index (κ1) is 6.85. The molecule has 0 unspecified atom stereocenters.